The van der Waals surface area contributed by atoms with Gasteiger partial charge in [-0.1, -0.05) is 32.1 Å². The highest BCUT2D eigenvalue weighted by atomic mass is 16.5. The second kappa shape index (κ2) is 12.0. The Morgan fingerprint density at radius 1 is 0.818 bits per heavy atom. The lowest BCUT2D eigenvalue weighted by Crippen LogP contribution is -2.01. The molecule has 0 saturated heterocycles. The van der Waals surface area contributed by atoms with Crippen molar-refractivity contribution in [2.75, 3.05) is 27.4 Å². The van der Waals surface area contributed by atoms with E-state index in [-0.39, 0.29) is 5.97 Å². The van der Waals surface area contributed by atoms with Crippen LogP contribution in [0.25, 0.3) is 0 Å². The Balaban J connectivity index is 2.01. The van der Waals surface area contributed by atoms with Gasteiger partial charge in [0.1, 0.15) is 5.75 Å². The molecule has 0 atom stereocenters. The van der Waals surface area contributed by atoms with E-state index in [4.69, 9.17) is 9.47 Å². The molecule has 124 valence electrons. The predicted molar refractivity (Wildman–Crippen MR) is 87.5 cm³/mol. The summed E-state index contributed by atoms with van der Waals surface area (Å²) >= 11 is 0. The van der Waals surface area contributed by atoms with Gasteiger partial charge in [-0.2, -0.15) is 0 Å². The first-order valence-corrected chi connectivity index (χ1v) is 8.08. The average molecular weight is 308 g/mol. The monoisotopic (exact) mass is 308 g/mol. The zero-order valence-electron chi connectivity index (χ0n) is 13.8. The van der Waals surface area contributed by atoms with Gasteiger partial charge in [0.05, 0.1) is 19.3 Å². The maximum absolute atomic E-state index is 11.3. The minimum atomic E-state index is -0.322. The van der Waals surface area contributed by atoms with E-state index in [1.807, 2.05) is 12.1 Å². The van der Waals surface area contributed by atoms with Crippen molar-refractivity contribution >= 4 is 5.97 Å². The number of esters is 1. The van der Waals surface area contributed by atoms with E-state index in [2.05, 4.69) is 4.74 Å². The van der Waals surface area contributed by atoms with Crippen LogP contribution in [0, 0.1) is 0 Å². The zero-order chi connectivity index (χ0) is 16.0. The standard InChI is InChI=1S/C18H28O4/c1-20-14-8-6-4-3-5-7-9-15-22-17-12-10-16(11-13-17)18(19)21-2/h10-13H,3-9,14-15H2,1-2H3. The second-order valence-corrected chi connectivity index (χ2v) is 5.33. The van der Waals surface area contributed by atoms with Crippen molar-refractivity contribution in [2.45, 2.75) is 44.9 Å². The SMILES string of the molecule is COCCCCCCCCCOc1ccc(C(=O)OC)cc1. The molecule has 22 heavy (non-hydrogen) atoms. The molecule has 0 spiro atoms. The van der Waals surface area contributed by atoms with Crippen LogP contribution in [0.3, 0.4) is 0 Å². The molecule has 0 unspecified atom stereocenters. The summed E-state index contributed by atoms with van der Waals surface area (Å²) in [6.45, 7) is 1.60. The minimum Gasteiger partial charge on any atom is -0.494 e. The van der Waals surface area contributed by atoms with Crippen LogP contribution in [0.2, 0.25) is 0 Å². The van der Waals surface area contributed by atoms with Crippen LogP contribution in [-0.2, 0) is 9.47 Å². The highest BCUT2D eigenvalue weighted by Crippen LogP contribution is 2.14. The lowest BCUT2D eigenvalue weighted by molar-refractivity contribution is 0.0600. The molecule has 0 heterocycles. The summed E-state index contributed by atoms with van der Waals surface area (Å²) in [6, 6.07) is 7.06. The van der Waals surface area contributed by atoms with Crippen molar-refractivity contribution in [3.8, 4) is 5.75 Å². The molecule has 1 aromatic rings. The molecular weight excluding hydrogens is 280 g/mol. The molecule has 4 nitrogen and oxygen atoms in total. The van der Waals surface area contributed by atoms with Gasteiger partial charge in [-0.3, -0.25) is 0 Å². The van der Waals surface area contributed by atoms with Crippen molar-refractivity contribution in [1.29, 1.82) is 0 Å². The summed E-state index contributed by atoms with van der Waals surface area (Å²) in [4.78, 5) is 11.3. The Kier molecular flexibility index (Phi) is 10.1. The van der Waals surface area contributed by atoms with E-state index in [1.54, 1.807) is 19.2 Å². The third-order valence-electron chi connectivity index (χ3n) is 3.54. The first-order valence-electron chi connectivity index (χ1n) is 8.08. The van der Waals surface area contributed by atoms with Gasteiger partial charge in [-0.25, -0.2) is 4.79 Å². The van der Waals surface area contributed by atoms with Crippen LogP contribution < -0.4 is 4.74 Å². The summed E-state index contributed by atoms with van der Waals surface area (Å²) in [5.41, 5.74) is 0.545. The van der Waals surface area contributed by atoms with E-state index >= 15 is 0 Å². The van der Waals surface area contributed by atoms with Crippen molar-refractivity contribution in [3.05, 3.63) is 29.8 Å². The lowest BCUT2D eigenvalue weighted by Gasteiger charge is -2.07. The summed E-state index contributed by atoms with van der Waals surface area (Å²) < 4.78 is 15.3. The molecule has 0 aliphatic rings. The molecule has 0 aliphatic heterocycles. The van der Waals surface area contributed by atoms with Crippen LogP contribution in [0.5, 0.6) is 5.75 Å². The fourth-order valence-electron chi connectivity index (χ4n) is 2.23. The quantitative estimate of drug-likeness (QED) is 0.428. The number of hydrogen-bond donors (Lipinski definition) is 0. The molecule has 0 N–H and O–H groups in total. The molecule has 0 saturated carbocycles. The summed E-state index contributed by atoms with van der Waals surface area (Å²) in [5.74, 6) is 0.476. The highest BCUT2D eigenvalue weighted by molar-refractivity contribution is 5.89. The Labute approximate surface area is 133 Å². The Morgan fingerprint density at radius 3 is 1.91 bits per heavy atom. The summed E-state index contributed by atoms with van der Waals surface area (Å²) in [5, 5.41) is 0. The fraction of sp³-hybridized carbons (Fsp3) is 0.611. The number of rotatable bonds is 12. The number of carbonyl (C=O) groups excluding carboxylic acids is 1. The van der Waals surface area contributed by atoms with Crippen molar-refractivity contribution in [3.63, 3.8) is 0 Å². The Bertz CT molecular complexity index is 400. The van der Waals surface area contributed by atoms with E-state index < -0.39 is 0 Å². The molecule has 0 radical (unpaired) electrons. The summed E-state index contributed by atoms with van der Waals surface area (Å²) in [7, 11) is 3.13. The largest absolute Gasteiger partial charge is 0.494 e. The lowest BCUT2D eigenvalue weighted by atomic mass is 10.1. The average Bonchev–Trinajstić information content (AvgIpc) is 2.56. The summed E-state index contributed by atoms with van der Waals surface area (Å²) in [6.07, 6.45) is 8.54. The third kappa shape index (κ3) is 8.03. The second-order valence-electron chi connectivity index (χ2n) is 5.33. The first-order chi connectivity index (χ1) is 10.8. The molecule has 1 aromatic carbocycles. The van der Waals surface area contributed by atoms with E-state index in [0.717, 1.165) is 25.4 Å². The van der Waals surface area contributed by atoms with Crippen molar-refractivity contribution in [2.24, 2.45) is 0 Å². The van der Waals surface area contributed by atoms with Crippen molar-refractivity contribution in [1.82, 2.24) is 0 Å². The number of carbonyl (C=O) groups is 1. The fourth-order valence-corrected chi connectivity index (χ4v) is 2.23. The van der Waals surface area contributed by atoms with Crippen LogP contribution in [0.15, 0.2) is 24.3 Å². The van der Waals surface area contributed by atoms with Crippen LogP contribution >= 0.6 is 0 Å². The molecular formula is C18H28O4. The maximum Gasteiger partial charge on any atom is 0.337 e. The molecule has 1 rings (SSSR count). The van der Waals surface area contributed by atoms with Crippen LogP contribution in [0.1, 0.15) is 55.3 Å². The van der Waals surface area contributed by atoms with Gasteiger partial charge in [0.2, 0.25) is 0 Å². The molecule has 0 aromatic heterocycles. The molecule has 0 bridgehead atoms. The van der Waals surface area contributed by atoms with Crippen LogP contribution in [0.4, 0.5) is 0 Å². The molecule has 0 amide bonds. The van der Waals surface area contributed by atoms with Gasteiger partial charge in [-0.15, -0.1) is 0 Å². The number of ether oxygens (including phenoxy) is 3. The number of hydrogen-bond acceptors (Lipinski definition) is 4. The van der Waals surface area contributed by atoms with Crippen molar-refractivity contribution < 1.29 is 19.0 Å². The molecule has 0 fully saturated rings. The van der Waals surface area contributed by atoms with E-state index in [0.29, 0.717) is 5.56 Å². The van der Waals surface area contributed by atoms with Crippen LogP contribution in [-0.4, -0.2) is 33.4 Å². The van der Waals surface area contributed by atoms with Gasteiger partial charge >= 0.3 is 5.97 Å². The van der Waals surface area contributed by atoms with Gasteiger partial charge < -0.3 is 14.2 Å². The normalized spacial score (nSPS) is 10.5. The topological polar surface area (TPSA) is 44.8 Å². The number of unbranched alkanes of at least 4 members (excludes halogenated alkanes) is 6. The Morgan fingerprint density at radius 2 is 1.36 bits per heavy atom. The van der Waals surface area contributed by atoms with Gasteiger partial charge in [-0.05, 0) is 37.1 Å². The molecule has 4 heteroatoms. The zero-order valence-corrected chi connectivity index (χ0v) is 13.8. The molecule has 0 aliphatic carbocycles. The smallest absolute Gasteiger partial charge is 0.337 e. The number of benzene rings is 1. The van der Waals surface area contributed by atoms with E-state index in [1.165, 1.54) is 45.6 Å². The predicted octanol–water partition coefficient (Wildman–Crippen LogP) is 4.23. The van der Waals surface area contributed by atoms with Gasteiger partial charge in [0, 0.05) is 13.7 Å². The Hall–Kier alpha value is -1.55. The minimum absolute atomic E-state index is 0.322. The van der Waals surface area contributed by atoms with Gasteiger partial charge in [0.15, 0.2) is 0 Å². The van der Waals surface area contributed by atoms with Gasteiger partial charge in [0.25, 0.3) is 0 Å². The first kappa shape index (κ1) is 18.5. The third-order valence-corrected chi connectivity index (χ3v) is 3.54. The maximum atomic E-state index is 11.3. The van der Waals surface area contributed by atoms with E-state index in [9.17, 15) is 4.79 Å². The number of methoxy groups -OCH3 is 2. The highest BCUT2D eigenvalue weighted by Gasteiger charge is 2.04.